The van der Waals surface area contributed by atoms with Crippen molar-refractivity contribution in [3.8, 4) is 0 Å². The van der Waals surface area contributed by atoms with E-state index in [0.717, 1.165) is 38.8 Å². The molecule has 130 valence electrons. The topological polar surface area (TPSA) is 69.1 Å². The SMILES string of the molecule is CCNC(=NCc1cccs1)NCC(C)(O)CN1CCOCC1. The summed E-state index contributed by atoms with van der Waals surface area (Å²) in [6.07, 6.45) is 0. The highest BCUT2D eigenvalue weighted by atomic mass is 32.1. The Morgan fingerprint density at radius 1 is 1.43 bits per heavy atom. The molecular weight excluding hydrogens is 312 g/mol. The molecule has 3 N–H and O–H groups in total. The largest absolute Gasteiger partial charge is 0.387 e. The summed E-state index contributed by atoms with van der Waals surface area (Å²) in [5.74, 6) is 0.739. The van der Waals surface area contributed by atoms with Gasteiger partial charge < -0.3 is 20.5 Å². The molecule has 0 spiro atoms. The molecule has 6 nitrogen and oxygen atoms in total. The van der Waals surface area contributed by atoms with Gasteiger partial charge in [0, 0.05) is 37.6 Å². The summed E-state index contributed by atoms with van der Waals surface area (Å²) in [7, 11) is 0. The van der Waals surface area contributed by atoms with Crippen LogP contribution in [0.1, 0.15) is 18.7 Å². The second kappa shape index (κ2) is 9.22. The van der Waals surface area contributed by atoms with E-state index >= 15 is 0 Å². The number of nitrogens with zero attached hydrogens (tertiary/aromatic N) is 2. The van der Waals surface area contributed by atoms with Crippen molar-refractivity contribution >= 4 is 17.3 Å². The van der Waals surface area contributed by atoms with Gasteiger partial charge in [0.05, 0.1) is 25.4 Å². The summed E-state index contributed by atoms with van der Waals surface area (Å²) in [6.45, 7) is 9.68. The number of thiophene rings is 1. The predicted molar refractivity (Wildman–Crippen MR) is 95.0 cm³/mol. The summed E-state index contributed by atoms with van der Waals surface area (Å²) in [5.41, 5.74) is -0.809. The number of β-amino-alcohol motifs (C(OH)–C–C–N with tert-alkyl or cyclic N) is 1. The van der Waals surface area contributed by atoms with Gasteiger partial charge in [0.2, 0.25) is 0 Å². The third-order valence-corrected chi connectivity index (χ3v) is 4.48. The average Bonchev–Trinajstić information content (AvgIpc) is 3.04. The van der Waals surface area contributed by atoms with E-state index in [4.69, 9.17) is 4.74 Å². The van der Waals surface area contributed by atoms with Crippen LogP contribution >= 0.6 is 11.3 Å². The monoisotopic (exact) mass is 340 g/mol. The van der Waals surface area contributed by atoms with Crippen LogP contribution in [0.3, 0.4) is 0 Å². The minimum Gasteiger partial charge on any atom is -0.387 e. The van der Waals surface area contributed by atoms with Gasteiger partial charge in [-0.15, -0.1) is 11.3 Å². The Morgan fingerprint density at radius 3 is 2.87 bits per heavy atom. The Labute approximate surface area is 142 Å². The van der Waals surface area contributed by atoms with Crippen molar-refractivity contribution in [2.45, 2.75) is 26.0 Å². The van der Waals surface area contributed by atoms with Gasteiger partial charge in [0.25, 0.3) is 0 Å². The molecule has 2 rings (SSSR count). The summed E-state index contributed by atoms with van der Waals surface area (Å²) in [4.78, 5) is 8.03. The highest BCUT2D eigenvalue weighted by Gasteiger charge is 2.25. The summed E-state index contributed by atoms with van der Waals surface area (Å²) in [5, 5.41) is 19.1. The van der Waals surface area contributed by atoms with Gasteiger partial charge in [-0.1, -0.05) is 6.07 Å². The number of aliphatic hydroxyl groups is 1. The van der Waals surface area contributed by atoms with E-state index in [1.54, 1.807) is 11.3 Å². The number of morpholine rings is 1. The van der Waals surface area contributed by atoms with E-state index in [1.165, 1.54) is 4.88 Å². The van der Waals surface area contributed by atoms with Crippen LogP contribution in [0.25, 0.3) is 0 Å². The molecule has 2 heterocycles. The number of nitrogens with one attached hydrogen (secondary N) is 2. The second-order valence-corrected chi connectivity index (χ2v) is 7.05. The number of guanidine groups is 1. The van der Waals surface area contributed by atoms with Gasteiger partial charge in [-0.25, -0.2) is 4.99 Å². The van der Waals surface area contributed by atoms with E-state index in [1.807, 2.05) is 19.9 Å². The Balaban J connectivity index is 1.82. The first-order chi connectivity index (χ1) is 11.1. The molecule has 1 aliphatic heterocycles. The highest BCUT2D eigenvalue weighted by Crippen LogP contribution is 2.10. The smallest absolute Gasteiger partial charge is 0.191 e. The lowest BCUT2D eigenvalue weighted by Crippen LogP contribution is -2.52. The molecule has 0 amide bonds. The van der Waals surface area contributed by atoms with E-state index in [2.05, 4.69) is 32.0 Å². The molecule has 1 fully saturated rings. The molecule has 1 atom stereocenters. The lowest BCUT2D eigenvalue weighted by molar-refractivity contribution is -0.0201. The predicted octanol–water partition coefficient (Wildman–Crippen LogP) is 0.886. The summed E-state index contributed by atoms with van der Waals surface area (Å²) < 4.78 is 5.34. The van der Waals surface area contributed by atoms with E-state index in [-0.39, 0.29) is 0 Å². The fourth-order valence-electron chi connectivity index (χ4n) is 2.47. The Hall–Kier alpha value is -1.15. The zero-order valence-corrected chi connectivity index (χ0v) is 14.9. The molecule has 0 radical (unpaired) electrons. The van der Waals surface area contributed by atoms with Gasteiger partial charge in [-0.2, -0.15) is 0 Å². The van der Waals surface area contributed by atoms with Crippen LogP contribution in [0.5, 0.6) is 0 Å². The Kier molecular flexibility index (Phi) is 7.29. The molecule has 23 heavy (non-hydrogen) atoms. The van der Waals surface area contributed by atoms with Gasteiger partial charge in [0.1, 0.15) is 0 Å². The van der Waals surface area contributed by atoms with Gasteiger partial charge in [-0.05, 0) is 25.3 Å². The minimum atomic E-state index is -0.809. The lowest BCUT2D eigenvalue weighted by atomic mass is 10.1. The van der Waals surface area contributed by atoms with Gasteiger partial charge >= 0.3 is 0 Å². The number of aliphatic imine (C=N–C) groups is 1. The zero-order chi connectivity index (χ0) is 16.5. The number of hydrogen-bond acceptors (Lipinski definition) is 5. The highest BCUT2D eigenvalue weighted by molar-refractivity contribution is 7.09. The van der Waals surface area contributed by atoms with Crippen molar-refractivity contribution < 1.29 is 9.84 Å². The first-order valence-corrected chi connectivity index (χ1v) is 9.04. The molecule has 1 aliphatic rings. The van der Waals surface area contributed by atoms with Crippen LogP contribution in [0.15, 0.2) is 22.5 Å². The number of hydrogen-bond donors (Lipinski definition) is 3. The quantitative estimate of drug-likeness (QED) is 0.508. The van der Waals surface area contributed by atoms with Crippen LogP contribution in [-0.4, -0.2) is 67.5 Å². The molecule has 1 aromatic heterocycles. The Morgan fingerprint density at radius 2 is 2.22 bits per heavy atom. The first-order valence-electron chi connectivity index (χ1n) is 8.16. The van der Waals surface area contributed by atoms with Crippen molar-refractivity contribution in [2.24, 2.45) is 4.99 Å². The van der Waals surface area contributed by atoms with Crippen molar-refractivity contribution in [2.75, 3.05) is 45.9 Å². The van der Waals surface area contributed by atoms with Crippen molar-refractivity contribution in [1.29, 1.82) is 0 Å². The van der Waals surface area contributed by atoms with Crippen LogP contribution in [0.2, 0.25) is 0 Å². The number of ether oxygens (including phenoxy) is 1. The molecule has 0 aliphatic carbocycles. The fraction of sp³-hybridized carbons (Fsp3) is 0.688. The lowest BCUT2D eigenvalue weighted by Gasteiger charge is -2.34. The second-order valence-electron chi connectivity index (χ2n) is 6.01. The summed E-state index contributed by atoms with van der Waals surface area (Å²) in [6, 6.07) is 4.11. The van der Waals surface area contributed by atoms with Gasteiger partial charge in [0.15, 0.2) is 5.96 Å². The molecule has 1 saturated heterocycles. The Bertz CT molecular complexity index is 470. The standard InChI is InChI=1S/C16H28N4O2S/c1-3-17-15(18-11-14-5-4-10-23-14)19-12-16(2,21)13-20-6-8-22-9-7-20/h4-5,10,21H,3,6-9,11-13H2,1-2H3,(H2,17,18,19). The normalized spacial score (nSPS) is 19.3. The van der Waals surface area contributed by atoms with E-state index < -0.39 is 5.60 Å². The first kappa shape index (κ1) is 18.2. The van der Waals surface area contributed by atoms with Crippen LogP contribution in [0, 0.1) is 0 Å². The van der Waals surface area contributed by atoms with Crippen molar-refractivity contribution in [3.63, 3.8) is 0 Å². The maximum atomic E-state index is 10.6. The number of rotatable bonds is 7. The maximum absolute atomic E-state index is 10.6. The van der Waals surface area contributed by atoms with Crippen LogP contribution in [0.4, 0.5) is 0 Å². The molecule has 0 saturated carbocycles. The summed E-state index contributed by atoms with van der Waals surface area (Å²) >= 11 is 1.70. The average molecular weight is 340 g/mol. The zero-order valence-electron chi connectivity index (χ0n) is 14.0. The molecule has 7 heteroatoms. The van der Waals surface area contributed by atoms with Crippen molar-refractivity contribution in [3.05, 3.63) is 22.4 Å². The van der Waals surface area contributed by atoms with E-state index in [0.29, 0.717) is 19.6 Å². The molecule has 1 unspecified atom stereocenters. The van der Waals surface area contributed by atoms with Crippen LogP contribution < -0.4 is 10.6 Å². The fourth-order valence-corrected chi connectivity index (χ4v) is 3.10. The van der Waals surface area contributed by atoms with Crippen LogP contribution in [-0.2, 0) is 11.3 Å². The van der Waals surface area contributed by atoms with E-state index in [9.17, 15) is 5.11 Å². The van der Waals surface area contributed by atoms with Gasteiger partial charge in [-0.3, -0.25) is 4.90 Å². The third-order valence-electron chi connectivity index (χ3n) is 3.62. The maximum Gasteiger partial charge on any atom is 0.191 e. The molecular formula is C16H28N4O2S. The third kappa shape index (κ3) is 6.87. The molecule has 0 bridgehead atoms. The molecule has 1 aromatic rings. The molecule has 0 aromatic carbocycles. The van der Waals surface area contributed by atoms with Crippen molar-refractivity contribution in [1.82, 2.24) is 15.5 Å². The minimum absolute atomic E-state index is 0.459.